The maximum Gasteiger partial charge on any atom is 0.305 e. The molecule has 0 N–H and O–H groups in total. The second-order valence-corrected chi connectivity index (χ2v) is 5.42. The topological polar surface area (TPSA) is 26.3 Å². The lowest BCUT2D eigenvalue weighted by Crippen LogP contribution is -1.98. The zero-order valence-electron chi connectivity index (χ0n) is 14.0. The molecule has 0 radical (unpaired) electrons. The summed E-state index contributed by atoms with van der Waals surface area (Å²) in [6.45, 7) is 2.23. The van der Waals surface area contributed by atoms with Crippen molar-refractivity contribution in [3.63, 3.8) is 0 Å². The number of hydrogen-bond donors (Lipinski definition) is 0. The molecule has 0 aliphatic heterocycles. The Balaban J connectivity index is 3.25. The lowest BCUT2D eigenvalue weighted by Gasteiger charge is -1.99. The van der Waals surface area contributed by atoms with Gasteiger partial charge < -0.3 is 4.74 Å². The van der Waals surface area contributed by atoms with Gasteiger partial charge >= 0.3 is 5.97 Å². The number of rotatable bonds is 12. The molecule has 0 amide bonds. The van der Waals surface area contributed by atoms with E-state index in [1.165, 1.54) is 52.1 Å². The molecule has 0 spiro atoms. The number of carbonyl (C=O) groups excluding carboxylic acids is 1. The number of unbranched alkanes of at least 4 members (excludes halogenated alkanes) is 9. The summed E-state index contributed by atoms with van der Waals surface area (Å²) in [5.74, 6) is 6.22. The summed E-state index contributed by atoms with van der Waals surface area (Å²) in [4.78, 5) is 10.9. The van der Waals surface area contributed by atoms with Gasteiger partial charge in [-0.05, 0) is 31.8 Å². The average Bonchev–Trinajstić information content (AvgIpc) is 2.50. The normalized spacial score (nSPS) is 10.4. The van der Waals surface area contributed by atoms with E-state index in [2.05, 4.69) is 29.6 Å². The molecule has 0 atom stereocenters. The van der Waals surface area contributed by atoms with E-state index in [9.17, 15) is 4.79 Å². The zero-order valence-corrected chi connectivity index (χ0v) is 14.0. The monoisotopic (exact) mass is 292 g/mol. The van der Waals surface area contributed by atoms with E-state index in [0.29, 0.717) is 6.42 Å². The fourth-order valence-electron chi connectivity index (χ4n) is 2.08. The molecule has 0 saturated carbocycles. The van der Waals surface area contributed by atoms with Crippen LogP contribution >= 0.6 is 0 Å². The summed E-state index contributed by atoms with van der Waals surface area (Å²) < 4.78 is 4.61. The number of methoxy groups -OCH3 is 1. The van der Waals surface area contributed by atoms with E-state index in [4.69, 9.17) is 0 Å². The maximum atomic E-state index is 10.9. The van der Waals surface area contributed by atoms with E-state index in [-0.39, 0.29) is 5.97 Å². The minimum Gasteiger partial charge on any atom is -0.469 e. The van der Waals surface area contributed by atoms with Crippen LogP contribution < -0.4 is 0 Å². The Bertz CT molecular complexity index is 320. The smallest absolute Gasteiger partial charge is 0.305 e. The van der Waals surface area contributed by atoms with Crippen LogP contribution in [-0.4, -0.2) is 13.1 Å². The minimum atomic E-state index is -0.0915. The van der Waals surface area contributed by atoms with Crippen molar-refractivity contribution >= 4 is 5.97 Å². The van der Waals surface area contributed by atoms with Crippen molar-refractivity contribution in [2.45, 2.75) is 84.0 Å². The van der Waals surface area contributed by atoms with Crippen LogP contribution in [0.4, 0.5) is 0 Å². The van der Waals surface area contributed by atoms with Gasteiger partial charge in [-0.3, -0.25) is 4.79 Å². The summed E-state index contributed by atoms with van der Waals surface area (Å²) in [5, 5.41) is 0. The van der Waals surface area contributed by atoms with E-state index in [1.807, 2.05) is 6.08 Å². The molecule has 120 valence electrons. The Labute approximate surface area is 131 Å². The standard InChI is InChI=1S/C19H32O2/c1-3-4-5-6-7-8-9-10-11-12-13-14-15-16-17-18-19(20)21-2/h10-11H,3-7,12-18H2,1-2H3. The van der Waals surface area contributed by atoms with Gasteiger partial charge in [0.2, 0.25) is 0 Å². The quantitative estimate of drug-likeness (QED) is 0.273. The summed E-state index contributed by atoms with van der Waals surface area (Å²) in [6, 6.07) is 0. The van der Waals surface area contributed by atoms with Crippen LogP contribution in [0.3, 0.4) is 0 Å². The minimum absolute atomic E-state index is 0.0915. The third-order valence-electron chi connectivity index (χ3n) is 3.44. The first-order chi connectivity index (χ1) is 10.3. The lowest BCUT2D eigenvalue weighted by molar-refractivity contribution is -0.140. The molecular formula is C19H32O2. The highest BCUT2D eigenvalue weighted by atomic mass is 16.5. The van der Waals surface area contributed by atoms with E-state index in [1.54, 1.807) is 0 Å². The maximum absolute atomic E-state index is 10.9. The van der Waals surface area contributed by atoms with Crippen molar-refractivity contribution in [2.75, 3.05) is 7.11 Å². The Morgan fingerprint density at radius 1 is 1.00 bits per heavy atom. The van der Waals surface area contributed by atoms with Gasteiger partial charge in [0, 0.05) is 12.8 Å². The lowest BCUT2D eigenvalue weighted by atomic mass is 10.1. The fourth-order valence-corrected chi connectivity index (χ4v) is 2.08. The summed E-state index contributed by atoms with van der Waals surface area (Å²) in [5.41, 5.74) is 0. The molecule has 0 unspecified atom stereocenters. The molecule has 0 fully saturated rings. The van der Waals surface area contributed by atoms with Gasteiger partial charge in [0.1, 0.15) is 0 Å². The van der Waals surface area contributed by atoms with Gasteiger partial charge in [-0.1, -0.05) is 63.4 Å². The Morgan fingerprint density at radius 3 is 2.48 bits per heavy atom. The SMILES string of the molecule is CCCCCCC#CC=CCCCCCCCC(=O)OC. The first-order valence-electron chi connectivity index (χ1n) is 8.51. The molecule has 21 heavy (non-hydrogen) atoms. The summed E-state index contributed by atoms with van der Waals surface area (Å²) >= 11 is 0. The molecule has 0 aromatic carbocycles. The fraction of sp³-hybridized carbons (Fsp3) is 0.737. The Kier molecular flexibility index (Phi) is 15.8. The molecule has 0 saturated heterocycles. The molecule has 0 rings (SSSR count). The summed E-state index contributed by atoms with van der Waals surface area (Å²) in [6.07, 6.45) is 17.8. The highest BCUT2D eigenvalue weighted by Gasteiger charge is 1.98. The van der Waals surface area contributed by atoms with Crippen molar-refractivity contribution in [3.8, 4) is 11.8 Å². The number of hydrogen-bond acceptors (Lipinski definition) is 2. The van der Waals surface area contributed by atoms with E-state index < -0.39 is 0 Å². The van der Waals surface area contributed by atoms with Gasteiger partial charge in [0.05, 0.1) is 7.11 Å². The largest absolute Gasteiger partial charge is 0.469 e. The molecule has 0 aliphatic rings. The van der Waals surface area contributed by atoms with Crippen LogP contribution in [0.25, 0.3) is 0 Å². The third-order valence-corrected chi connectivity index (χ3v) is 3.44. The Hall–Kier alpha value is -1.23. The third kappa shape index (κ3) is 16.7. The molecular weight excluding hydrogens is 260 g/mol. The second-order valence-electron chi connectivity index (χ2n) is 5.42. The van der Waals surface area contributed by atoms with Crippen molar-refractivity contribution in [2.24, 2.45) is 0 Å². The van der Waals surface area contributed by atoms with Gasteiger partial charge in [-0.25, -0.2) is 0 Å². The molecule has 2 nitrogen and oxygen atoms in total. The van der Waals surface area contributed by atoms with Crippen molar-refractivity contribution in [1.29, 1.82) is 0 Å². The Morgan fingerprint density at radius 2 is 1.71 bits per heavy atom. The number of allylic oxidation sites excluding steroid dienone is 2. The molecule has 0 aliphatic carbocycles. The van der Waals surface area contributed by atoms with Gasteiger partial charge in [0.15, 0.2) is 0 Å². The highest BCUT2D eigenvalue weighted by molar-refractivity contribution is 5.68. The van der Waals surface area contributed by atoms with Crippen LogP contribution in [0.15, 0.2) is 12.2 Å². The number of esters is 1. The number of ether oxygens (including phenoxy) is 1. The molecule has 2 heteroatoms. The zero-order chi connectivity index (χ0) is 15.6. The van der Waals surface area contributed by atoms with Crippen LogP contribution in [0, 0.1) is 11.8 Å². The van der Waals surface area contributed by atoms with Crippen molar-refractivity contribution in [3.05, 3.63) is 12.2 Å². The first kappa shape index (κ1) is 19.8. The molecule has 0 bridgehead atoms. The van der Waals surface area contributed by atoms with E-state index >= 15 is 0 Å². The highest BCUT2D eigenvalue weighted by Crippen LogP contribution is 2.08. The van der Waals surface area contributed by atoms with Crippen LogP contribution in [0.1, 0.15) is 84.0 Å². The van der Waals surface area contributed by atoms with Crippen molar-refractivity contribution < 1.29 is 9.53 Å². The predicted octanol–water partition coefficient (Wildman–Crippen LogP) is 5.42. The van der Waals surface area contributed by atoms with Gasteiger partial charge in [-0.2, -0.15) is 0 Å². The van der Waals surface area contributed by atoms with Gasteiger partial charge in [0.25, 0.3) is 0 Å². The molecule has 0 heterocycles. The predicted molar refractivity (Wildman–Crippen MR) is 90.0 cm³/mol. The van der Waals surface area contributed by atoms with Crippen molar-refractivity contribution in [1.82, 2.24) is 0 Å². The van der Waals surface area contributed by atoms with E-state index in [0.717, 1.165) is 25.7 Å². The molecule has 0 aromatic heterocycles. The van der Waals surface area contributed by atoms with Crippen LogP contribution in [0.5, 0.6) is 0 Å². The summed E-state index contributed by atoms with van der Waals surface area (Å²) in [7, 11) is 1.45. The average molecular weight is 292 g/mol. The number of carbonyl (C=O) groups is 1. The van der Waals surface area contributed by atoms with Crippen LogP contribution in [-0.2, 0) is 9.53 Å². The molecule has 0 aromatic rings. The second kappa shape index (κ2) is 16.8. The van der Waals surface area contributed by atoms with Gasteiger partial charge in [-0.15, -0.1) is 0 Å². The van der Waals surface area contributed by atoms with Crippen LogP contribution in [0.2, 0.25) is 0 Å². The first-order valence-corrected chi connectivity index (χ1v) is 8.51.